The van der Waals surface area contributed by atoms with Gasteiger partial charge in [0.05, 0.1) is 26.7 Å². The summed E-state index contributed by atoms with van der Waals surface area (Å²) in [5.74, 6) is 1.04. The van der Waals surface area contributed by atoms with Gasteiger partial charge < -0.3 is 4.48 Å². The van der Waals surface area contributed by atoms with E-state index in [4.69, 9.17) is 0 Å². The Balaban J connectivity index is 2.32. The van der Waals surface area contributed by atoms with Gasteiger partial charge in [0.2, 0.25) is 0 Å². The Labute approximate surface area is 69.4 Å². The highest BCUT2D eigenvalue weighted by atomic mass is 32.1. The van der Waals surface area contributed by atoms with E-state index in [0.717, 1.165) is 5.75 Å². The van der Waals surface area contributed by atoms with E-state index >= 15 is 0 Å². The minimum atomic E-state index is 1.04. The Morgan fingerprint density at radius 1 is 1.20 bits per heavy atom. The summed E-state index contributed by atoms with van der Waals surface area (Å²) >= 11 is 4.27. The van der Waals surface area contributed by atoms with Crippen LogP contribution in [0.15, 0.2) is 0 Å². The second kappa shape index (κ2) is 3.63. The van der Waals surface area contributed by atoms with E-state index in [1.54, 1.807) is 0 Å². The molecule has 0 spiro atoms. The Morgan fingerprint density at radius 2 is 1.80 bits per heavy atom. The summed E-state index contributed by atoms with van der Waals surface area (Å²) in [5.41, 5.74) is 0. The van der Waals surface area contributed by atoms with E-state index in [1.807, 2.05) is 0 Å². The lowest BCUT2D eigenvalue weighted by atomic mass is 10.1. The summed E-state index contributed by atoms with van der Waals surface area (Å²) in [4.78, 5) is 0. The third-order valence-electron chi connectivity index (χ3n) is 2.54. The van der Waals surface area contributed by atoms with Crippen molar-refractivity contribution in [2.24, 2.45) is 0 Å². The number of quaternary nitrogens is 1. The normalized spacial score (nSPS) is 24.6. The van der Waals surface area contributed by atoms with Crippen molar-refractivity contribution in [2.45, 2.75) is 19.3 Å². The van der Waals surface area contributed by atoms with Gasteiger partial charge in [-0.1, -0.05) is 0 Å². The second-order valence-corrected chi connectivity index (χ2v) is 4.02. The molecule has 1 rings (SSSR count). The summed E-state index contributed by atoms with van der Waals surface area (Å²) in [6.45, 7) is 4.00. The molecular formula is C8H18NS+. The molecule has 2 heteroatoms. The molecule has 0 N–H and O–H groups in total. The summed E-state index contributed by atoms with van der Waals surface area (Å²) in [6.07, 6.45) is 4.29. The molecule has 60 valence electrons. The zero-order valence-corrected chi connectivity index (χ0v) is 7.74. The fourth-order valence-corrected chi connectivity index (χ4v) is 2.22. The van der Waals surface area contributed by atoms with Gasteiger partial charge in [-0.15, -0.1) is 0 Å². The van der Waals surface area contributed by atoms with Crippen molar-refractivity contribution in [3.8, 4) is 0 Å². The summed E-state index contributed by atoms with van der Waals surface area (Å²) in [7, 11) is 2.36. The van der Waals surface area contributed by atoms with Crippen LogP contribution in [-0.2, 0) is 0 Å². The maximum absolute atomic E-state index is 4.27. The first-order valence-corrected chi connectivity index (χ1v) is 4.84. The third-order valence-corrected chi connectivity index (χ3v) is 2.74. The second-order valence-electron chi connectivity index (χ2n) is 3.57. The highest BCUT2D eigenvalue weighted by molar-refractivity contribution is 7.80. The molecule has 0 unspecified atom stereocenters. The monoisotopic (exact) mass is 160 g/mol. The SMILES string of the molecule is C[N+]1(CCS)CCCCC1. The standard InChI is InChI=1S/C8H17NS/c1-9(7-8-10)5-3-2-4-6-9/h2-8H2,1H3/p+1. The van der Waals surface area contributed by atoms with Crippen molar-refractivity contribution < 1.29 is 4.48 Å². The summed E-state index contributed by atoms with van der Waals surface area (Å²) in [6, 6.07) is 0. The van der Waals surface area contributed by atoms with E-state index in [1.165, 1.54) is 43.4 Å². The molecule has 0 aromatic heterocycles. The van der Waals surface area contributed by atoms with Gasteiger partial charge in [0.1, 0.15) is 0 Å². The number of piperidine rings is 1. The minimum absolute atomic E-state index is 1.04. The number of hydrogen-bond acceptors (Lipinski definition) is 1. The van der Waals surface area contributed by atoms with Gasteiger partial charge in [-0.25, -0.2) is 0 Å². The largest absolute Gasteiger partial charge is 0.325 e. The molecule has 10 heavy (non-hydrogen) atoms. The highest BCUT2D eigenvalue weighted by Crippen LogP contribution is 2.15. The molecular weight excluding hydrogens is 142 g/mol. The first-order valence-electron chi connectivity index (χ1n) is 4.21. The molecule has 0 atom stereocenters. The quantitative estimate of drug-likeness (QED) is 0.460. The van der Waals surface area contributed by atoms with Crippen molar-refractivity contribution in [3.05, 3.63) is 0 Å². The Hall–Kier alpha value is 0.310. The number of nitrogens with zero attached hydrogens (tertiary/aromatic N) is 1. The van der Waals surface area contributed by atoms with Crippen LogP contribution in [0, 0.1) is 0 Å². The van der Waals surface area contributed by atoms with Gasteiger partial charge in [-0.05, 0) is 19.3 Å². The van der Waals surface area contributed by atoms with Crippen molar-refractivity contribution in [3.63, 3.8) is 0 Å². The van der Waals surface area contributed by atoms with E-state index < -0.39 is 0 Å². The van der Waals surface area contributed by atoms with Gasteiger partial charge in [0, 0.05) is 5.75 Å². The van der Waals surface area contributed by atoms with Crippen molar-refractivity contribution in [2.75, 3.05) is 32.4 Å². The van der Waals surface area contributed by atoms with Crippen LogP contribution in [0.4, 0.5) is 0 Å². The van der Waals surface area contributed by atoms with Crippen molar-refractivity contribution in [1.29, 1.82) is 0 Å². The van der Waals surface area contributed by atoms with Gasteiger partial charge >= 0.3 is 0 Å². The molecule has 0 aromatic rings. The fraction of sp³-hybridized carbons (Fsp3) is 1.00. The van der Waals surface area contributed by atoms with E-state index in [9.17, 15) is 0 Å². The molecule has 0 amide bonds. The molecule has 0 aliphatic carbocycles. The molecule has 1 fully saturated rings. The smallest absolute Gasteiger partial charge is 0.0874 e. The number of rotatable bonds is 2. The van der Waals surface area contributed by atoms with Gasteiger partial charge in [0.25, 0.3) is 0 Å². The van der Waals surface area contributed by atoms with Crippen LogP contribution < -0.4 is 0 Å². The average molecular weight is 160 g/mol. The van der Waals surface area contributed by atoms with Gasteiger partial charge in [0.15, 0.2) is 0 Å². The Morgan fingerprint density at radius 3 is 2.30 bits per heavy atom. The topological polar surface area (TPSA) is 0 Å². The molecule has 1 nitrogen and oxygen atoms in total. The number of thiol groups is 1. The molecule has 0 bridgehead atoms. The van der Waals surface area contributed by atoms with Crippen LogP contribution in [0.25, 0.3) is 0 Å². The predicted molar refractivity (Wildman–Crippen MR) is 48.5 cm³/mol. The highest BCUT2D eigenvalue weighted by Gasteiger charge is 2.22. The lowest BCUT2D eigenvalue weighted by Crippen LogP contribution is -2.48. The fourth-order valence-electron chi connectivity index (χ4n) is 1.74. The number of likely N-dealkylation sites (tertiary alicyclic amines) is 1. The molecule has 1 heterocycles. The first kappa shape index (κ1) is 8.41. The maximum Gasteiger partial charge on any atom is 0.0874 e. The lowest BCUT2D eigenvalue weighted by molar-refractivity contribution is -0.911. The summed E-state index contributed by atoms with van der Waals surface area (Å²) < 4.78 is 1.27. The molecule has 0 saturated carbocycles. The van der Waals surface area contributed by atoms with Crippen LogP contribution in [0.2, 0.25) is 0 Å². The van der Waals surface area contributed by atoms with Crippen molar-refractivity contribution in [1.82, 2.24) is 0 Å². The maximum atomic E-state index is 4.27. The molecule has 1 aliphatic heterocycles. The van der Waals surface area contributed by atoms with E-state index in [0.29, 0.717) is 0 Å². The van der Waals surface area contributed by atoms with Crippen molar-refractivity contribution >= 4 is 12.6 Å². The van der Waals surface area contributed by atoms with Crippen LogP contribution in [0.5, 0.6) is 0 Å². The van der Waals surface area contributed by atoms with Crippen LogP contribution in [0.1, 0.15) is 19.3 Å². The molecule has 1 aliphatic rings. The van der Waals surface area contributed by atoms with Crippen LogP contribution in [-0.4, -0.2) is 36.9 Å². The lowest BCUT2D eigenvalue weighted by Gasteiger charge is -2.37. The van der Waals surface area contributed by atoms with Crippen LogP contribution >= 0.6 is 12.6 Å². The molecule has 0 radical (unpaired) electrons. The molecule has 1 saturated heterocycles. The third kappa shape index (κ3) is 2.17. The van der Waals surface area contributed by atoms with Crippen LogP contribution in [0.3, 0.4) is 0 Å². The van der Waals surface area contributed by atoms with Gasteiger partial charge in [-0.2, -0.15) is 12.6 Å². The minimum Gasteiger partial charge on any atom is -0.325 e. The van der Waals surface area contributed by atoms with E-state index in [-0.39, 0.29) is 0 Å². The predicted octanol–water partition coefficient (Wildman–Crippen LogP) is 1.55. The zero-order valence-electron chi connectivity index (χ0n) is 6.84. The molecule has 0 aromatic carbocycles. The Kier molecular flexibility index (Phi) is 3.05. The summed E-state index contributed by atoms with van der Waals surface area (Å²) in [5, 5.41) is 0. The zero-order chi connectivity index (χ0) is 7.45. The average Bonchev–Trinajstić information content (AvgIpc) is 1.89. The van der Waals surface area contributed by atoms with Gasteiger partial charge in [-0.3, -0.25) is 0 Å². The van der Waals surface area contributed by atoms with E-state index in [2.05, 4.69) is 19.7 Å². The number of hydrogen-bond donors (Lipinski definition) is 1. The Bertz CT molecular complexity index is 91.9. The first-order chi connectivity index (χ1) is 4.77.